The van der Waals surface area contributed by atoms with Crippen molar-refractivity contribution in [3.05, 3.63) is 42.2 Å². The van der Waals surface area contributed by atoms with E-state index in [9.17, 15) is 17.6 Å². The number of rotatable bonds is 2. The Hall–Kier alpha value is -1.52. The van der Waals surface area contributed by atoms with Crippen molar-refractivity contribution in [1.29, 1.82) is 0 Å². The molecule has 1 radical (unpaired) electrons. The van der Waals surface area contributed by atoms with Gasteiger partial charge in [-0.05, 0) is 23.8 Å². The monoisotopic (exact) mass is 205 g/mol. The standard InChI is InChI=1S/C9H5F4O/c1-2-6-3-4-7(10)8(5-6)14-9(11,12)13/h3-5H,1H2. The van der Waals surface area contributed by atoms with Gasteiger partial charge in [0.15, 0.2) is 11.6 Å². The van der Waals surface area contributed by atoms with Crippen LogP contribution in [0.5, 0.6) is 5.75 Å². The highest BCUT2D eigenvalue weighted by Crippen LogP contribution is 2.26. The quantitative estimate of drug-likeness (QED) is 0.674. The molecular formula is C9H5F4O. The topological polar surface area (TPSA) is 9.23 Å². The van der Waals surface area contributed by atoms with Gasteiger partial charge in [-0.3, -0.25) is 0 Å². The van der Waals surface area contributed by atoms with E-state index >= 15 is 0 Å². The molecule has 0 aliphatic carbocycles. The van der Waals surface area contributed by atoms with Crippen LogP contribution in [0.25, 0.3) is 0 Å². The number of benzene rings is 1. The van der Waals surface area contributed by atoms with Gasteiger partial charge in [0.05, 0.1) is 0 Å². The molecule has 0 fully saturated rings. The Balaban J connectivity index is 3.01. The average molecular weight is 205 g/mol. The Bertz CT molecular complexity index is 343. The molecule has 0 saturated carbocycles. The van der Waals surface area contributed by atoms with Gasteiger partial charge in [0, 0.05) is 0 Å². The van der Waals surface area contributed by atoms with Crippen molar-refractivity contribution >= 4 is 0 Å². The molecule has 1 aromatic rings. The third-order valence-corrected chi connectivity index (χ3v) is 1.36. The van der Waals surface area contributed by atoms with Crippen LogP contribution < -0.4 is 4.74 Å². The van der Waals surface area contributed by atoms with Crippen molar-refractivity contribution in [3.63, 3.8) is 0 Å². The fourth-order valence-corrected chi connectivity index (χ4v) is 0.816. The zero-order valence-corrected chi connectivity index (χ0v) is 6.86. The molecule has 75 valence electrons. The first kappa shape index (κ1) is 10.6. The predicted octanol–water partition coefficient (Wildman–Crippen LogP) is 3.06. The van der Waals surface area contributed by atoms with Crippen LogP contribution in [0, 0.1) is 11.9 Å². The van der Waals surface area contributed by atoms with Crippen LogP contribution in [0.15, 0.2) is 24.8 Å². The summed E-state index contributed by atoms with van der Waals surface area (Å²) in [4.78, 5) is 0. The van der Waals surface area contributed by atoms with Crippen molar-refractivity contribution < 1.29 is 22.3 Å². The summed E-state index contributed by atoms with van der Waals surface area (Å²) in [5.41, 5.74) is 0.227. The zero-order chi connectivity index (χ0) is 10.8. The van der Waals surface area contributed by atoms with E-state index in [1.54, 1.807) is 0 Å². The third kappa shape index (κ3) is 2.76. The van der Waals surface area contributed by atoms with E-state index in [-0.39, 0.29) is 5.56 Å². The zero-order valence-electron chi connectivity index (χ0n) is 6.86. The molecule has 0 amide bonds. The first-order chi connectivity index (χ1) is 6.42. The summed E-state index contributed by atoms with van der Waals surface area (Å²) in [7, 11) is 0. The lowest BCUT2D eigenvalue weighted by molar-refractivity contribution is -0.275. The summed E-state index contributed by atoms with van der Waals surface area (Å²) in [6.07, 6.45) is -2.59. The first-order valence-electron chi connectivity index (χ1n) is 3.51. The van der Waals surface area contributed by atoms with E-state index in [4.69, 9.17) is 0 Å². The molecule has 0 saturated heterocycles. The Morgan fingerprint density at radius 1 is 1.29 bits per heavy atom. The number of alkyl halides is 3. The largest absolute Gasteiger partial charge is 0.573 e. The Morgan fingerprint density at radius 3 is 2.43 bits per heavy atom. The molecule has 0 heterocycles. The summed E-state index contributed by atoms with van der Waals surface area (Å²) in [6, 6.07) is 2.97. The molecule has 0 spiro atoms. The van der Waals surface area contributed by atoms with E-state index in [1.807, 2.05) is 0 Å². The third-order valence-electron chi connectivity index (χ3n) is 1.36. The molecular weight excluding hydrogens is 200 g/mol. The highest BCUT2D eigenvalue weighted by Gasteiger charge is 2.32. The Kier molecular flexibility index (Phi) is 2.78. The number of halogens is 4. The van der Waals surface area contributed by atoms with Crippen LogP contribution in [0.4, 0.5) is 17.6 Å². The highest BCUT2D eigenvalue weighted by atomic mass is 19.4. The number of hydrogen-bond acceptors (Lipinski definition) is 1. The minimum atomic E-state index is -4.90. The smallest absolute Gasteiger partial charge is 0.403 e. The first-order valence-corrected chi connectivity index (χ1v) is 3.51. The van der Waals surface area contributed by atoms with Crippen LogP contribution in [0.2, 0.25) is 0 Å². The van der Waals surface area contributed by atoms with Crippen molar-refractivity contribution in [2.45, 2.75) is 6.36 Å². The van der Waals surface area contributed by atoms with Gasteiger partial charge in [-0.1, -0.05) is 12.6 Å². The maximum atomic E-state index is 12.8. The van der Waals surface area contributed by atoms with Crippen LogP contribution in [0.3, 0.4) is 0 Å². The molecule has 14 heavy (non-hydrogen) atoms. The SMILES string of the molecule is C=[C]c1ccc(F)c(OC(F)(F)F)c1. The highest BCUT2D eigenvalue weighted by molar-refractivity contribution is 5.33. The number of hydrogen-bond donors (Lipinski definition) is 0. The summed E-state index contributed by atoms with van der Waals surface area (Å²) in [5, 5.41) is 0. The molecule has 1 aromatic carbocycles. The lowest BCUT2D eigenvalue weighted by Gasteiger charge is -2.09. The molecule has 0 aliphatic rings. The minimum absolute atomic E-state index is 0.227. The van der Waals surface area contributed by atoms with Gasteiger partial charge in [0.2, 0.25) is 0 Å². The van der Waals surface area contributed by atoms with Gasteiger partial charge in [0.25, 0.3) is 0 Å². The summed E-state index contributed by atoms with van der Waals surface area (Å²) in [6.45, 7) is 3.21. The molecule has 0 N–H and O–H groups in total. The van der Waals surface area contributed by atoms with E-state index in [2.05, 4.69) is 17.4 Å². The van der Waals surface area contributed by atoms with Gasteiger partial charge < -0.3 is 4.74 Å². The van der Waals surface area contributed by atoms with Gasteiger partial charge in [-0.15, -0.1) is 13.2 Å². The Morgan fingerprint density at radius 2 is 1.93 bits per heavy atom. The normalized spacial score (nSPS) is 11.1. The van der Waals surface area contributed by atoms with Crippen LogP contribution in [-0.2, 0) is 0 Å². The second kappa shape index (κ2) is 3.69. The molecule has 0 atom stereocenters. The van der Waals surface area contributed by atoms with Crippen molar-refractivity contribution in [2.75, 3.05) is 0 Å². The maximum Gasteiger partial charge on any atom is 0.573 e. The molecule has 0 aliphatic heterocycles. The molecule has 0 aromatic heterocycles. The van der Waals surface area contributed by atoms with Gasteiger partial charge in [-0.25, -0.2) is 4.39 Å². The molecule has 0 bridgehead atoms. The van der Waals surface area contributed by atoms with Crippen LogP contribution in [0.1, 0.15) is 5.56 Å². The molecule has 1 rings (SSSR count). The second-order valence-corrected chi connectivity index (χ2v) is 2.37. The maximum absolute atomic E-state index is 12.8. The predicted molar refractivity (Wildman–Crippen MR) is 41.1 cm³/mol. The van der Waals surface area contributed by atoms with Crippen molar-refractivity contribution in [2.24, 2.45) is 0 Å². The number of ether oxygens (including phenoxy) is 1. The lowest BCUT2D eigenvalue weighted by Crippen LogP contribution is -2.18. The molecule has 5 heteroatoms. The fourth-order valence-electron chi connectivity index (χ4n) is 0.816. The van der Waals surface area contributed by atoms with Crippen LogP contribution >= 0.6 is 0 Å². The van der Waals surface area contributed by atoms with E-state index in [0.29, 0.717) is 0 Å². The van der Waals surface area contributed by atoms with E-state index in [1.165, 1.54) is 6.07 Å². The summed E-state index contributed by atoms with van der Waals surface area (Å²) >= 11 is 0. The van der Waals surface area contributed by atoms with Gasteiger partial charge in [0.1, 0.15) is 0 Å². The molecule has 1 nitrogen and oxygen atoms in total. The van der Waals surface area contributed by atoms with Crippen LogP contribution in [-0.4, -0.2) is 6.36 Å². The van der Waals surface area contributed by atoms with Gasteiger partial charge >= 0.3 is 6.36 Å². The molecule has 0 unspecified atom stereocenters. The second-order valence-electron chi connectivity index (χ2n) is 2.37. The van der Waals surface area contributed by atoms with E-state index < -0.39 is 17.9 Å². The van der Waals surface area contributed by atoms with Crippen molar-refractivity contribution in [3.8, 4) is 5.75 Å². The minimum Gasteiger partial charge on any atom is -0.403 e. The average Bonchev–Trinajstić information content (AvgIpc) is 2.06. The summed E-state index contributed by atoms with van der Waals surface area (Å²) < 4.78 is 51.4. The fraction of sp³-hybridized carbons (Fsp3) is 0.111. The lowest BCUT2D eigenvalue weighted by atomic mass is 10.2. The van der Waals surface area contributed by atoms with E-state index in [0.717, 1.165) is 12.1 Å². The van der Waals surface area contributed by atoms with Crippen molar-refractivity contribution in [1.82, 2.24) is 0 Å². The Labute approximate surface area is 77.6 Å². The summed E-state index contributed by atoms with van der Waals surface area (Å²) in [5.74, 6) is -1.97. The van der Waals surface area contributed by atoms with Gasteiger partial charge in [-0.2, -0.15) is 0 Å².